The van der Waals surface area contributed by atoms with E-state index in [1.807, 2.05) is 35.4 Å². The Balaban J connectivity index is 1.34. The highest BCUT2D eigenvalue weighted by molar-refractivity contribution is 8.04. The number of rotatable bonds is 8. The number of allylic oxidation sites excluding steroid dienone is 3. The van der Waals surface area contributed by atoms with Gasteiger partial charge < -0.3 is 14.1 Å². The fourth-order valence-corrected chi connectivity index (χ4v) is 5.96. The van der Waals surface area contributed by atoms with Gasteiger partial charge in [0.15, 0.2) is 6.10 Å². The molecule has 4 rings (SSSR count). The first-order valence-electron chi connectivity index (χ1n) is 9.88. The first kappa shape index (κ1) is 20.3. The molecule has 6 heteroatoms. The molecule has 1 aromatic heterocycles. The lowest BCUT2D eigenvalue weighted by Crippen LogP contribution is -2.24. The van der Waals surface area contributed by atoms with Crippen LogP contribution in [0.4, 0.5) is 5.00 Å². The quantitative estimate of drug-likeness (QED) is 0.583. The van der Waals surface area contributed by atoms with Crippen molar-refractivity contribution >= 4 is 34.3 Å². The molecule has 1 N–H and O–H groups in total. The van der Waals surface area contributed by atoms with Crippen molar-refractivity contribution in [1.29, 1.82) is 0 Å². The number of methoxy groups -OCH3 is 1. The van der Waals surface area contributed by atoms with Crippen molar-refractivity contribution in [2.45, 2.75) is 38.2 Å². The molecule has 2 aromatic rings. The number of fused-ring (bicyclic) bond motifs is 1. The zero-order chi connectivity index (χ0) is 20.2. The fraction of sp³-hybridized carbons (Fsp3) is 0.348. The standard InChI is InChI=1S/C23H25NO3S2/c1-27-20(23(25)26)14-17-9-7-16(8-10-17)4-3-12-24-22-19(11-13-28-22)15-18-5-2-6-21(18)29-24/h2,6-11,13,20H,3-5,12,14-15H2,1H3,(H,25,26). The number of carbonyl (C=O) groups is 1. The zero-order valence-electron chi connectivity index (χ0n) is 16.5. The summed E-state index contributed by atoms with van der Waals surface area (Å²) in [4.78, 5) is 12.5. The normalized spacial score (nSPS) is 16.5. The van der Waals surface area contributed by atoms with Crippen molar-refractivity contribution in [2.24, 2.45) is 0 Å². The van der Waals surface area contributed by atoms with E-state index in [0.717, 1.165) is 37.8 Å². The lowest BCUT2D eigenvalue weighted by Gasteiger charge is -2.21. The Morgan fingerprint density at radius 1 is 1.24 bits per heavy atom. The minimum atomic E-state index is -0.921. The van der Waals surface area contributed by atoms with Crippen LogP contribution in [0.25, 0.3) is 0 Å². The van der Waals surface area contributed by atoms with Crippen LogP contribution in [0.2, 0.25) is 0 Å². The van der Waals surface area contributed by atoms with E-state index in [0.29, 0.717) is 6.42 Å². The molecule has 1 atom stereocenters. The zero-order valence-corrected chi connectivity index (χ0v) is 18.1. The summed E-state index contributed by atoms with van der Waals surface area (Å²) in [5.41, 5.74) is 5.27. The number of benzene rings is 1. The van der Waals surface area contributed by atoms with Gasteiger partial charge in [-0.1, -0.05) is 36.4 Å². The van der Waals surface area contributed by atoms with Gasteiger partial charge in [-0.05, 0) is 71.3 Å². The number of aryl methyl sites for hydroxylation is 1. The predicted molar refractivity (Wildman–Crippen MR) is 121 cm³/mol. The van der Waals surface area contributed by atoms with Gasteiger partial charge in [-0.2, -0.15) is 0 Å². The van der Waals surface area contributed by atoms with Gasteiger partial charge in [0.2, 0.25) is 0 Å². The van der Waals surface area contributed by atoms with Gasteiger partial charge in [-0.15, -0.1) is 11.3 Å². The van der Waals surface area contributed by atoms with E-state index in [4.69, 9.17) is 9.84 Å². The molecular formula is C23H25NO3S2. The summed E-state index contributed by atoms with van der Waals surface area (Å²) in [5, 5.41) is 12.7. The van der Waals surface area contributed by atoms with Crippen LogP contribution in [0.3, 0.4) is 0 Å². The van der Waals surface area contributed by atoms with Crippen molar-refractivity contribution in [3.05, 3.63) is 75.0 Å². The summed E-state index contributed by atoms with van der Waals surface area (Å²) >= 11 is 3.73. The Labute approximate surface area is 180 Å². The molecule has 0 fully saturated rings. The number of thiophene rings is 1. The molecule has 0 spiro atoms. The van der Waals surface area contributed by atoms with E-state index >= 15 is 0 Å². The molecule has 0 bridgehead atoms. The molecule has 2 heterocycles. The van der Waals surface area contributed by atoms with E-state index in [2.05, 4.69) is 40.0 Å². The van der Waals surface area contributed by atoms with Gasteiger partial charge >= 0.3 is 5.97 Å². The highest BCUT2D eigenvalue weighted by Crippen LogP contribution is 2.44. The lowest BCUT2D eigenvalue weighted by molar-refractivity contribution is -0.148. The summed E-state index contributed by atoms with van der Waals surface area (Å²) < 4.78 is 7.49. The molecule has 29 heavy (non-hydrogen) atoms. The summed E-state index contributed by atoms with van der Waals surface area (Å²) in [7, 11) is 1.44. The first-order valence-corrected chi connectivity index (χ1v) is 11.5. The molecule has 152 valence electrons. The van der Waals surface area contributed by atoms with E-state index in [1.54, 1.807) is 5.57 Å². The molecule has 0 saturated heterocycles. The third-order valence-corrected chi connectivity index (χ3v) is 7.68. The molecule has 2 aliphatic rings. The SMILES string of the molecule is COC(Cc1ccc(CCCN2SC3=C(CC=C3)Cc3ccsc32)cc1)C(=O)O. The van der Waals surface area contributed by atoms with Crippen LogP contribution in [0.15, 0.2) is 58.3 Å². The largest absolute Gasteiger partial charge is 0.479 e. The van der Waals surface area contributed by atoms with Gasteiger partial charge in [0.05, 0.1) is 0 Å². The van der Waals surface area contributed by atoms with Crippen LogP contribution in [0, 0.1) is 0 Å². The smallest absolute Gasteiger partial charge is 0.333 e. The second-order valence-corrected chi connectivity index (χ2v) is 9.34. The Bertz CT molecular complexity index is 930. The lowest BCUT2D eigenvalue weighted by atomic mass is 10.0. The minimum absolute atomic E-state index is 0.392. The average molecular weight is 428 g/mol. The summed E-state index contributed by atoms with van der Waals surface area (Å²) in [6, 6.07) is 10.5. The topological polar surface area (TPSA) is 49.8 Å². The van der Waals surface area contributed by atoms with Crippen LogP contribution >= 0.6 is 23.3 Å². The molecule has 4 nitrogen and oxygen atoms in total. The van der Waals surface area contributed by atoms with Gasteiger partial charge in [-0.25, -0.2) is 4.79 Å². The molecule has 1 aliphatic carbocycles. The second kappa shape index (κ2) is 9.20. The van der Waals surface area contributed by atoms with Crippen molar-refractivity contribution in [1.82, 2.24) is 0 Å². The molecule has 1 aliphatic heterocycles. The molecule has 0 saturated carbocycles. The maximum Gasteiger partial charge on any atom is 0.333 e. The van der Waals surface area contributed by atoms with Crippen molar-refractivity contribution in [2.75, 3.05) is 18.0 Å². The number of hydrogen-bond donors (Lipinski definition) is 1. The van der Waals surface area contributed by atoms with Crippen molar-refractivity contribution in [3.63, 3.8) is 0 Å². The van der Waals surface area contributed by atoms with Gasteiger partial charge in [0.1, 0.15) is 5.00 Å². The van der Waals surface area contributed by atoms with Gasteiger partial charge in [0.25, 0.3) is 0 Å². The third kappa shape index (κ3) is 4.77. The Morgan fingerprint density at radius 3 is 2.79 bits per heavy atom. The van der Waals surface area contributed by atoms with Crippen LogP contribution in [0.1, 0.15) is 29.5 Å². The Kier molecular flexibility index (Phi) is 6.43. The van der Waals surface area contributed by atoms with Crippen LogP contribution < -0.4 is 4.31 Å². The van der Waals surface area contributed by atoms with E-state index in [-0.39, 0.29) is 0 Å². The fourth-order valence-electron chi connectivity index (χ4n) is 3.75. The first-order chi connectivity index (χ1) is 14.1. The summed E-state index contributed by atoms with van der Waals surface area (Å²) in [6.45, 7) is 1.01. The average Bonchev–Trinajstić information content (AvgIpc) is 3.34. The van der Waals surface area contributed by atoms with E-state index < -0.39 is 12.1 Å². The molecule has 1 unspecified atom stereocenters. The van der Waals surface area contributed by atoms with Gasteiger partial charge in [0, 0.05) is 25.0 Å². The summed E-state index contributed by atoms with van der Waals surface area (Å²) in [6.07, 6.45) is 8.39. The second-order valence-electron chi connectivity index (χ2n) is 7.38. The summed E-state index contributed by atoms with van der Waals surface area (Å²) in [5.74, 6) is -0.921. The number of ether oxygens (including phenoxy) is 1. The number of aliphatic carboxylic acids is 1. The maximum atomic E-state index is 11.1. The minimum Gasteiger partial charge on any atom is -0.479 e. The van der Waals surface area contributed by atoms with Crippen molar-refractivity contribution in [3.8, 4) is 0 Å². The molecule has 1 aromatic carbocycles. The predicted octanol–water partition coefficient (Wildman–Crippen LogP) is 5.25. The maximum absolute atomic E-state index is 11.1. The monoisotopic (exact) mass is 427 g/mol. The van der Waals surface area contributed by atoms with Crippen LogP contribution in [0.5, 0.6) is 0 Å². The highest BCUT2D eigenvalue weighted by atomic mass is 32.2. The molecule has 0 amide bonds. The van der Waals surface area contributed by atoms with E-state index in [9.17, 15) is 4.79 Å². The number of carboxylic acids is 1. The Morgan fingerprint density at radius 2 is 2.03 bits per heavy atom. The number of nitrogens with zero attached hydrogens (tertiary/aromatic N) is 1. The van der Waals surface area contributed by atoms with Gasteiger partial charge in [-0.3, -0.25) is 0 Å². The molecule has 0 radical (unpaired) electrons. The van der Waals surface area contributed by atoms with Crippen LogP contribution in [-0.4, -0.2) is 30.8 Å². The third-order valence-electron chi connectivity index (χ3n) is 5.38. The highest BCUT2D eigenvalue weighted by Gasteiger charge is 2.23. The number of anilines is 1. The number of hydrogen-bond acceptors (Lipinski definition) is 5. The number of carboxylic acid groups (broad SMARTS) is 1. The van der Waals surface area contributed by atoms with Crippen molar-refractivity contribution < 1.29 is 14.6 Å². The Hall–Kier alpha value is -2.02. The molecular weight excluding hydrogens is 402 g/mol. The van der Waals surface area contributed by atoms with E-state index in [1.165, 1.54) is 28.1 Å². The van der Waals surface area contributed by atoms with Crippen LogP contribution in [-0.2, 0) is 28.8 Å².